The summed E-state index contributed by atoms with van der Waals surface area (Å²) in [5, 5.41) is 2.72. The molecule has 2 rings (SSSR count). The molecule has 1 saturated heterocycles. The minimum Gasteiger partial charge on any atom is -0.468 e. The van der Waals surface area contributed by atoms with E-state index in [1.165, 1.54) is 14.0 Å². The van der Waals surface area contributed by atoms with E-state index in [0.29, 0.717) is 38.3 Å². The Balaban J connectivity index is 1.86. The number of rotatable bonds is 5. The van der Waals surface area contributed by atoms with Gasteiger partial charge in [-0.05, 0) is 17.7 Å². The number of hydrogen-bond donors (Lipinski definition) is 1. The zero-order valence-corrected chi connectivity index (χ0v) is 14.1. The van der Waals surface area contributed by atoms with E-state index < -0.39 is 0 Å². The highest BCUT2D eigenvalue weighted by atomic mass is 16.5. The van der Waals surface area contributed by atoms with E-state index in [9.17, 15) is 14.4 Å². The van der Waals surface area contributed by atoms with E-state index in [-0.39, 0.29) is 24.3 Å². The van der Waals surface area contributed by atoms with Gasteiger partial charge in [0.2, 0.25) is 5.91 Å². The summed E-state index contributed by atoms with van der Waals surface area (Å²) in [6.45, 7) is 4.67. The van der Waals surface area contributed by atoms with E-state index in [1.807, 2.05) is 17.0 Å². The Kier molecular flexibility index (Phi) is 6.31. The zero-order valence-electron chi connectivity index (χ0n) is 14.1. The molecule has 24 heavy (non-hydrogen) atoms. The topological polar surface area (TPSA) is 79.0 Å². The van der Waals surface area contributed by atoms with Crippen molar-refractivity contribution in [1.82, 2.24) is 15.1 Å². The van der Waals surface area contributed by atoms with Gasteiger partial charge in [-0.25, -0.2) is 0 Å². The average Bonchev–Trinajstić information content (AvgIpc) is 2.60. The molecule has 1 N–H and O–H groups in total. The summed E-state index contributed by atoms with van der Waals surface area (Å²) in [4.78, 5) is 38.5. The summed E-state index contributed by atoms with van der Waals surface area (Å²) in [6.07, 6.45) is 0. The smallest absolute Gasteiger partial charge is 0.319 e. The molecule has 0 atom stereocenters. The van der Waals surface area contributed by atoms with Crippen molar-refractivity contribution in [3.05, 3.63) is 35.4 Å². The highest BCUT2D eigenvalue weighted by Gasteiger charge is 2.23. The van der Waals surface area contributed by atoms with Crippen LogP contribution in [-0.4, -0.2) is 67.4 Å². The molecule has 0 saturated carbocycles. The Bertz CT molecular complexity index is 592. The van der Waals surface area contributed by atoms with Gasteiger partial charge >= 0.3 is 5.97 Å². The molecule has 7 nitrogen and oxygen atoms in total. The SMILES string of the molecule is COC(=O)CN1CCN(C(=O)c2ccc(CNC(C)=O)cc2)CC1. The van der Waals surface area contributed by atoms with Crippen molar-refractivity contribution in [2.45, 2.75) is 13.5 Å². The number of esters is 1. The number of carbonyl (C=O) groups is 3. The number of piperazine rings is 1. The number of amides is 2. The van der Waals surface area contributed by atoms with Crippen LogP contribution in [0.2, 0.25) is 0 Å². The molecule has 1 aliphatic rings. The summed E-state index contributed by atoms with van der Waals surface area (Å²) < 4.78 is 4.66. The number of hydrogen-bond acceptors (Lipinski definition) is 5. The monoisotopic (exact) mass is 333 g/mol. The van der Waals surface area contributed by atoms with Crippen LogP contribution >= 0.6 is 0 Å². The molecule has 1 fully saturated rings. The Morgan fingerprint density at radius 1 is 1.08 bits per heavy atom. The Morgan fingerprint density at radius 3 is 2.25 bits per heavy atom. The molecule has 7 heteroatoms. The number of carbonyl (C=O) groups excluding carboxylic acids is 3. The maximum atomic E-state index is 12.5. The van der Waals surface area contributed by atoms with Gasteiger partial charge in [-0.1, -0.05) is 12.1 Å². The van der Waals surface area contributed by atoms with Crippen LogP contribution in [0.3, 0.4) is 0 Å². The predicted molar refractivity (Wildman–Crippen MR) is 88.3 cm³/mol. The maximum absolute atomic E-state index is 12.5. The predicted octanol–water partition coefficient (Wildman–Crippen LogP) is 0.254. The van der Waals surface area contributed by atoms with Gasteiger partial charge in [0.1, 0.15) is 0 Å². The van der Waals surface area contributed by atoms with Crippen molar-refractivity contribution >= 4 is 17.8 Å². The molecule has 0 radical (unpaired) electrons. The van der Waals surface area contributed by atoms with Gasteiger partial charge in [0, 0.05) is 45.2 Å². The van der Waals surface area contributed by atoms with Gasteiger partial charge in [0.15, 0.2) is 0 Å². The molecule has 0 bridgehead atoms. The summed E-state index contributed by atoms with van der Waals surface area (Å²) in [5.41, 5.74) is 1.58. The molecule has 1 heterocycles. The zero-order chi connectivity index (χ0) is 17.5. The van der Waals surface area contributed by atoms with Gasteiger partial charge in [0.25, 0.3) is 5.91 Å². The van der Waals surface area contributed by atoms with Gasteiger partial charge in [-0.2, -0.15) is 0 Å². The van der Waals surface area contributed by atoms with Gasteiger partial charge in [-0.15, -0.1) is 0 Å². The minimum absolute atomic E-state index is 0.0150. The van der Waals surface area contributed by atoms with Crippen molar-refractivity contribution in [3.63, 3.8) is 0 Å². The summed E-state index contributed by atoms with van der Waals surface area (Å²) in [6, 6.07) is 7.24. The quantitative estimate of drug-likeness (QED) is 0.782. The number of nitrogens with zero attached hydrogens (tertiary/aromatic N) is 2. The van der Waals surface area contributed by atoms with E-state index >= 15 is 0 Å². The van der Waals surface area contributed by atoms with Crippen LogP contribution in [0, 0.1) is 0 Å². The normalized spacial score (nSPS) is 15.0. The van der Waals surface area contributed by atoms with Crippen molar-refractivity contribution in [1.29, 1.82) is 0 Å². The third kappa shape index (κ3) is 5.06. The molecular formula is C17H23N3O4. The Hall–Kier alpha value is -2.41. The first kappa shape index (κ1) is 17.9. The molecule has 2 amide bonds. The van der Waals surface area contributed by atoms with Crippen LogP contribution in [-0.2, 0) is 20.9 Å². The fourth-order valence-corrected chi connectivity index (χ4v) is 2.53. The van der Waals surface area contributed by atoms with Gasteiger partial charge in [0.05, 0.1) is 13.7 Å². The van der Waals surface area contributed by atoms with Crippen LogP contribution < -0.4 is 5.32 Å². The van der Waals surface area contributed by atoms with Gasteiger partial charge < -0.3 is 15.0 Å². The Labute approximate surface area is 141 Å². The highest BCUT2D eigenvalue weighted by Crippen LogP contribution is 2.10. The first-order valence-corrected chi connectivity index (χ1v) is 7.91. The van der Waals surface area contributed by atoms with Crippen molar-refractivity contribution < 1.29 is 19.1 Å². The van der Waals surface area contributed by atoms with Crippen molar-refractivity contribution in [2.75, 3.05) is 39.8 Å². The third-order valence-electron chi connectivity index (χ3n) is 3.98. The number of nitrogens with one attached hydrogen (secondary N) is 1. The van der Waals surface area contributed by atoms with E-state index in [4.69, 9.17) is 0 Å². The van der Waals surface area contributed by atoms with Gasteiger partial charge in [-0.3, -0.25) is 19.3 Å². The molecule has 1 aliphatic heterocycles. The number of benzene rings is 1. The maximum Gasteiger partial charge on any atom is 0.319 e. The lowest BCUT2D eigenvalue weighted by Gasteiger charge is -2.34. The molecule has 130 valence electrons. The largest absolute Gasteiger partial charge is 0.468 e. The number of methoxy groups -OCH3 is 1. The van der Waals surface area contributed by atoms with Crippen molar-refractivity contribution in [2.24, 2.45) is 0 Å². The van der Waals surface area contributed by atoms with Crippen molar-refractivity contribution in [3.8, 4) is 0 Å². The molecule has 0 aliphatic carbocycles. The molecule has 0 aromatic heterocycles. The van der Waals surface area contributed by atoms with Crippen LogP contribution in [0.4, 0.5) is 0 Å². The molecule has 0 unspecified atom stereocenters. The van der Waals surface area contributed by atoms with E-state index in [2.05, 4.69) is 10.1 Å². The first-order chi connectivity index (χ1) is 11.5. The van der Waals surface area contributed by atoms with Crippen LogP contribution in [0.25, 0.3) is 0 Å². The van der Waals surface area contributed by atoms with Crippen LogP contribution in [0.15, 0.2) is 24.3 Å². The Morgan fingerprint density at radius 2 is 1.71 bits per heavy atom. The first-order valence-electron chi connectivity index (χ1n) is 7.91. The second-order valence-electron chi connectivity index (χ2n) is 5.75. The lowest BCUT2D eigenvalue weighted by molar-refractivity contribution is -0.142. The fourth-order valence-electron chi connectivity index (χ4n) is 2.53. The highest BCUT2D eigenvalue weighted by molar-refractivity contribution is 5.94. The van der Waals surface area contributed by atoms with E-state index in [1.54, 1.807) is 17.0 Å². The number of ether oxygens (including phenoxy) is 1. The fraction of sp³-hybridized carbons (Fsp3) is 0.471. The van der Waals surface area contributed by atoms with Crippen LogP contribution in [0.1, 0.15) is 22.8 Å². The third-order valence-corrected chi connectivity index (χ3v) is 3.98. The lowest BCUT2D eigenvalue weighted by Crippen LogP contribution is -2.50. The average molecular weight is 333 g/mol. The van der Waals surface area contributed by atoms with Crippen LogP contribution in [0.5, 0.6) is 0 Å². The summed E-state index contributed by atoms with van der Waals surface area (Å²) in [7, 11) is 1.37. The standard InChI is InChI=1S/C17H23N3O4/c1-13(21)18-11-14-3-5-15(6-4-14)17(23)20-9-7-19(8-10-20)12-16(22)24-2/h3-6H,7-12H2,1-2H3,(H,18,21). The molecule has 0 spiro atoms. The lowest BCUT2D eigenvalue weighted by atomic mass is 10.1. The molecule has 1 aromatic rings. The molecular weight excluding hydrogens is 310 g/mol. The second kappa shape index (κ2) is 8.44. The van der Waals surface area contributed by atoms with E-state index in [0.717, 1.165) is 5.56 Å². The second-order valence-corrected chi connectivity index (χ2v) is 5.75. The summed E-state index contributed by atoms with van der Waals surface area (Å²) >= 11 is 0. The molecule has 1 aromatic carbocycles. The summed E-state index contributed by atoms with van der Waals surface area (Å²) in [5.74, 6) is -0.358. The minimum atomic E-state index is -0.260.